The minimum atomic E-state index is 0.768. The van der Waals surface area contributed by atoms with Crippen LogP contribution in [0.4, 0.5) is 0 Å². The van der Waals surface area contributed by atoms with Crippen molar-refractivity contribution < 1.29 is 4.74 Å². The van der Waals surface area contributed by atoms with Gasteiger partial charge in [-0.15, -0.1) is 0 Å². The van der Waals surface area contributed by atoms with E-state index in [0.29, 0.717) is 0 Å². The molecule has 0 saturated carbocycles. The number of nitrogens with zero attached hydrogens (tertiary/aromatic N) is 2. The van der Waals surface area contributed by atoms with E-state index >= 15 is 0 Å². The molecule has 1 aromatic heterocycles. The lowest BCUT2D eigenvalue weighted by Gasteiger charge is -2.08. The molecule has 0 fully saturated rings. The molecule has 0 aliphatic rings. The van der Waals surface area contributed by atoms with Crippen LogP contribution in [0, 0.1) is 5.92 Å². The summed E-state index contributed by atoms with van der Waals surface area (Å²) in [5.74, 6) is 2.54. The molecule has 0 aliphatic carbocycles. The third kappa shape index (κ3) is 10.6. The van der Waals surface area contributed by atoms with E-state index in [1.54, 1.807) is 0 Å². The van der Waals surface area contributed by atoms with Crippen LogP contribution < -0.4 is 4.74 Å². The largest absolute Gasteiger partial charge is 0.494 e. The molecule has 0 unspecified atom stereocenters. The lowest BCUT2D eigenvalue weighted by Crippen LogP contribution is -1.97. The number of unbranched alkanes of at least 4 members (excludes halogenated alkanes) is 5. The quantitative estimate of drug-likeness (QED) is 0.202. The van der Waals surface area contributed by atoms with Crippen molar-refractivity contribution in [3.63, 3.8) is 0 Å². The Hall–Kier alpha value is -2.16. The summed E-state index contributed by atoms with van der Waals surface area (Å²) in [6.07, 6.45) is 21.9. The van der Waals surface area contributed by atoms with Crippen molar-refractivity contribution in [1.82, 2.24) is 9.97 Å². The van der Waals surface area contributed by atoms with Gasteiger partial charge in [0.15, 0.2) is 5.82 Å². The number of allylic oxidation sites excluding steroid dienone is 2. The molecule has 0 bridgehead atoms. The van der Waals surface area contributed by atoms with Crippen LogP contribution >= 0.6 is 0 Å². The number of aryl methyl sites for hydroxylation is 1. The Balaban J connectivity index is 1.67. The summed E-state index contributed by atoms with van der Waals surface area (Å²) >= 11 is 0. The van der Waals surface area contributed by atoms with Crippen molar-refractivity contribution >= 4 is 0 Å². The highest BCUT2D eigenvalue weighted by atomic mass is 16.5. The highest BCUT2D eigenvalue weighted by molar-refractivity contribution is 5.55. The maximum Gasteiger partial charge on any atom is 0.159 e. The Morgan fingerprint density at radius 1 is 0.871 bits per heavy atom. The van der Waals surface area contributed by atoms with Gasteiger partial charge in [-0.3, -0.25) is 0 Å². The fraction of sp³-hybridized carbons (Fsp3) is 0.571. The second-order valence-electron chi connectivity index (χ2n) is 8.66. The summed E-state index contributed by atoms with van der Waals surface area (Å²) in [5, 5.41) is 0. The molecule has 3 heteroatoms. The van der Waals surface area contributed by atoms with Crippen molar-refractivity contribution in [2.75, 3.05) is 6.61 Å². The summed E-state index contributed by atoms with van der Waals surface area (Å²) in [4.78, 5) is 9.15. The van der Waals surface area contributed by atoms with Crippen LogP contribution in [0.3, 0.4) is 0 Å². The first-order valence-electron chi connectivity index (χ1n) is 12.4. The van der Waals surface area contributed by atoms with E-state index < -0.39 is 0 Å². The predicted molar refractivity (Wildman–Crippen MR) is 132 cm³/mol. The van der Waals surface area contributed by atoms with Crippen LogP contribution in [0.1, 0.15) is 90.5 Å². The molecule has 0 aliphatic heterocycles. The smallest absolute Gasteiger partial charge is 0.159 e. The van der Waals surface area contributed by atoms with Crippen molar-refractivity contribution in [1.29, 1.82) is 0 Å². The maximum atomic E-state index is 5.88. The lowest BCUT2D eigenvalue weighted by molar-refractivity contribution is 0.307. The zero-order valence-electron chi connectivity index (χ0n) is 20.0. The van der Waals surface area contributed by atoms with E-state index in [4.69, 9.17) is 4.74 Å². The van der Waals surface area contributed by atoms with Gasteiger partial charge in [0.1, 0.15) is 5.75 Å². The Morgan fingerprint density at radius 3 is 2.26 bits per heavy atom. The summed E-state index contributed by atoms with van der Waals surface area (Å²) in [6.45, 7) is 7.61. The molecule has 0 amide bonds. The molecule has 0 N–H and O–H groups in total. The third-order valence-electron chi connectivity index (χ3n) is 5.85. The first kappa shape index (κ1) is 25.1. The van der Waals surface area contributed by atoms with E-state index in [1.165, 1.54) is 56.9 Å². The molecule has 0 saturated heterocycles. The minimum Gasteiger partial charge on any atom is -0.494 e. The number of benzene rings is 1. The second kappa shape index (κ2) is 15.6. The van der Waals surface area contributed by atoms with Crippen LogP contribution in [-0.2, 0) is 6.42 Å². The molecular formula is C28H42N2O. The molecule has 2 aromatic rings. The average Bonchev–Trinajstić information content (AvgIpc) is 2.81. The molecule has 170 valence electrons. The minimum absolute atomic E-state index is 0.768. The van der Waals surface area contributed by atoms with E-state index in [-0.39, 0.29) is 0 Å². The van der Waals surface area contributed by atoms with Gasteiger partial charge in [0.25, 0.3) is 0 Å². The standard InChI is InChI=1S/C28H42N2O/c1-4-6-7-8-9-10-11-14-21-31-27-19-17-26(18-20-27)28-29-22-25(23-30-28)16-13-12-15-24(3)5-2/h8-9,17-20,22-24H,4-7,10-16,21H2,1-3H3/b9-8-/t24-/m0/s1. The fourth-order valence-electron chi connectivity index (χ4n) is 3.47. The first-order valence-corrected chi connectivity index (χ1v) is 12.4. The van der Waals surface area contributed by atoms with Gasteiger partial charge in [0, 0.05) is 18.0 Å². The number of rotatable bonds is 16. The number of aromatic nitrogens is 2. The van der Waals surface area contributed by atoms with E-state index in [2.05, 4.69) is 42.9 Å². The molecule has 2 rings (SSSR count). The summed E-state index contributed by atoms with van der Waals surface area (Å²) < 4.78 is 5.88. The molecule has 3 nitrogen and oxygen atoms in total. The van der Waals surface area contributed by atoms with Gasteiger partial charge in [0.2, 0.25) is 0 Å². The maximum absolute atomic E-state index is 5.88. The Labute approximate surface area is 190 Å². The summed E-state index contributed by atoms with van der Waals surface area (Å²) in [5.41, 5.74) is 2.26. The molecule has 1 atom stereocenters. The van der Waals surface area contributed by atoms with Crippen LogP contribution in [0.25, 0.3) is 11.4 Å². The van der Waals surface area contributed by atoms with Crippen molar-refractivity contribution in [2.24, 2.45) is 5.92 Å². The SMILES string of the molecule is CCCC/C=C\CCCCOc1ccc(-c2ncc(CCCC[C@@H](C)CC)cn2)cc1. The van der Waals surface area contributed by atoms with Crippen LogP contribution in [0.5, 0.6) is 5.75 Å². The molecule has 0 spiro atoms. The Morgan fingerprint density at radius 2 is 1.58 bits per heavy atom. The number of ether oxygens (including phenoxy) is 1. The zero-order chi connectivity index (χ0) is 22.2. The second-order valence-corrected chi connectivity index (χ2v) is 8.66. The van der Waals surface area contributed by atoms with E-state index in [0.717, 1.165) is 48.9 Å². The molecule has 1 aromatic carbocycles. The van der Waals surface area contributed by atoms with Crippen molar-refractivity contribution in [3.8, 4) is 17.1 Å². The van der Waals surface area contributed by atoms with Gasteiger partial charge in [-0.05, 0) is 74.3 Å². The third-order valence-corrected chi connectivity index (χ3v) is 5.85. The zero-order valence-corrected chi connectivity index (χ0v) is 20.0. The van der Waals surface area contributed by atoms with Crippen LogP contribution in [0.15, 0.2) is 48.8 Å². The number of hydrogen-bond donors (Lipinski definition) is 0. The summed E-state index contributed by atoms with van der Waals surface area (Å²) in [6, 6.07) is 8.14. The summed E-state index contributed by atoms with van der Waals surface area (Å²) in [7, 11) is 0. The van der Waals surface area contributed by atoms with Gasteiger partial charge in [-0.1, -0.05) is 65.0 Å². The van der Waals surface area contributed by atoms with Crippen molar-refractivity contribution in [2.45, 2.75) is 91.4 Å². The van der Waals surface area contributed by atoms with Gasteiger partial charge < -0.3 is 4.74 Å². The average molecular weight is 423 g/mol. The van der Waals surface area contributed by atoms with Crippen LogP contribution in [0.2, 0.25) is 0 Å². The predicted octanol–water partition coefficient (Wildman–Crippen LogP) is 8.20. The lowest BCUT2D eigenvalue weighted by atomic mass is 10.00. The van der Waals surface area contributed by atoms with Gasteiger partial charge in [0.05, 0.1) is 6.61 Å². The number of hydrogen-bond acceptors (Lipinski definition) is 3. The van der Waals surface area contributed by atoms with Gasteiger partial charge >= 0.3 is 0 Å². The molecule has 1 heterocycles. The first-order chi connectivity index (χ1) is 15.2. The molecule has 31 heavy (non-hydrogen) atoms. The van der Waals surface area contributed by atoms with Crippen molar-refractivity contribution in [3.05, 3.63) is 54.4 Å². The van der Waals surface area contributed by atoms with E-state index in [9.17, 15) is 0 Å². The topological polar surface area (TPSA) is 35.0 Å². The van der Waals surface area contributed by atoms with E-state index in [1.807, 2.05) is 36.7 Å². The normalized spacial score (nSPS) is 12.4. The van der Waals surface area contributed by atoms with Gasteiger partial charge in [-0.2, -0.15) is 0 Å². The van der Waals surface area contributed by atoms with Gasteiger partial charge in [-0.25, -0.2) is 9.97 Å². The Kier molecular flexibility index (Phi) is 12.6. The van der Waals surface area contributed by atoms with Crippen LogP contribution in [-0.4, -0.2) is 16.6 Å². The molecular weight excluding hydrogens is 380 g/mol. The fourth-order valence-corrected chi connectivity index (χ4v) is 3.47. The molecule has 0 radical (unpaired) electrons. The highest BCUT2D eigenvalue weighted by Gasteiger charge is 2.04. The highest BCUT2D eigenvalue weighted by Crippen LogP contribution is 2.20. The monoisotopic (exact) mass is 422 g/mol. The Bertz CT molecular complexity index is 722.